The molecule has 2 rings (SSSR count). The number of carbonyl (C=O) groups excluding carboxylic acids is 3. The predicted octanol–water partition coefficient (Wildman–Crippen LogP) is 6.70. The van der Waals surface area contributed by atoms with Gasteiger partial charge in [0, 0.05) is 19.0 Å². The molecule has 3 unspecified atom stereocenters. The number of phenols is 1. The number of carbonyl (C=O) groups is 3. The highest BCUT2D eigenvalue weighted by molar-refractivity contribution is 5.92. The third-order valence-electron chi connectivity index (χ3n) is 7.32. The number of nitrogens with zero attached hydrogens (tertiary/aromatic N) is 1. The summed E-state index contributed by atoms with van der Waals surface area (Å²) in [7, 11) is 0. The van der Waals surface area contributed by atoms with Gasteiger partial charge in [-0.15, -0.1) is 0 Å². The van der Waals surface area contributed by atoms with Crippen molar-refractivity contribution in [3.05, 3.63) is 65.2 Å². The second-order valence-electron chi connectivity index (χ2n) is 12.8. The SMILES string of the molecule is CCCCNC(=O)C(c1ccc(CC)cc1)N(C(=O)C(Cc1ccc(O)cc1)NC(=O)OC(C)(C)C)C(C)CCC(C)C. The Morgan fingerprint density at radius 1 is 0.907 bits per heavy atom. The Bertz CT molecular complexity index is 1160. The second-order valence-corrected chi connectivity index (χ2v) is 12.8. The molecule has 2 aromatic carbocycles. The van der Waals surface area contributed by atoms with Gasteiger partial charge < -0.3 is 25.4 Å². The highest BCUT2D eigenvalue weighted by Crippen LogP contribution is 2.29. The third-order valence-corrected chi connectivity index (χ3v) is 7.32. The molecule has 8 heteroatoms. The van der Waals surface area contributed by atoms with E-state index < -0.39 is 23.8 Å². The zero-order valence-corrected chi connectivity index (χ0v) is 27.4. The van der Waals surface area contributed by atoms with Crippen LogP contribution in [0, 0.1) is 5.92 Å². The van der Waals surface area contributed by atoms with Crippen LogP contribution in [0.15, 0.2) is 48.5 Å². The minimum absolute atomic E-state index is 0.106. The van der Waals surface area contributed by atoms with Gasteiger partial charge in [0.05, 0.1) is 0 Å². The molecule has 0 heterocycles. The normalized spacial score (nSPS) is 13.6. The molecule has 0 aliphatic rings. The summed E-state index contributed by atoms with van der Waals surface area (Å²) < 4.78 is 5.54. The number of alkyl carbamates (subject to hydrolysis) is 1. The van der Waals surface area contributed by atoms with E-state index in [-0.39, 0.29) is 30.0 Å². The summed E-state index contributed by atoms with van der Waals surface area (Å²) >= 11 is 0. The molecule has 0 saturated heterocycles. The van der Waals surface area contributed by atoms with Crippen molar-refractivity contribution in [3.8, 4) is 5.75 Å². The molecule has 3 atom stereocenters. The van der Waals surface area contributed by atoms with E-state index in [0.29, 0.717) is 18.9 Å². The highest BCUT2D eigenvalue weighted by atomic mass is 16.6. The van der Waals surface area contributed by atoms with E-state index >= 15 is 0 Å². The summed E-state index contributed by atoms with van der Waals surface area (Å²) in [4.78, 5) is 43.3. The van der Waals surface area contributed by atoms with E-state index in [0.717, 1.165) is 42.4 Å². The van der Waals surface area contributed by atoms with Gasteiger partial charge in [-0.25, -0.2) is 4.79 Å². The molecule has 0 saturated carbocycles. The van der Waals surface area contributed by atoms with Gasteiger partial charge in [-0.3, -0.25) is 9.59 Å². The molecule has 2 aromatic rings. The van der Waals surface area contributed by atoms with E-state index in [1.165, 1.54) is 0 Å². The predicted molar refractivity (Wildman–Crippen MR) is 172 cm³/mol. The number of benzene rings is 2. The fourth-order valence-electron chi connectivity index (χ4n) is 4.87. The lowest BCUT2D eigenvalue weighted by Gasteiger charge is -2.39. The molecule has 0 aliphatic carbocycles. The molecule has 0 aromatic heterocycles. The van der Waals surface area contributed by atoms with Crippen LogP contribution in [0.5, 0.6) is 5.75 Å². The number of unbranched alkanes of at least 4 members (excludes halogenated alkanes) is 1. The lowest BCUT2D eigenvalue weighted by molar-refractivity contribution is -0.145. The number of hydrogen-bond donors (Lipinski definition) is 3. The van der Waals surface area contributed by atoms with Crippen LogP contribution in [-0.2, 0) is 27.2 Å². The number of ether oxygens (including phenoxy) is 1. The summed E-state index contributed by atoms with van der Waals surface area (Å²) in [6.45, 7) is 16.2. The number of hydrogen-bond acceptors (Lipinski definition) is 5. The Labute approximate surface area is 258 Å². The van der Waals surface area contributed by atoms with E-state index in [9.17, 15) is 19.5 Å². The van der Waals surface area contributed by atoms with Gasteiger partial charge in [-0.2, -0.15) is 0 Å². The quantitative estimate of drug-likeness (QED) is 0.199. The highest BCUT2D eigenvalue weighted by Gasteiger charge is 2.39. The average molecular weight is 596 g/mol. The summed E-state index contributed by atoms with van der Waals surface area (Å²) in [6.07, 6.45) is 3.61. The molecule has 238 valence electrons. The van der Waals surface area contributed by atoms with Gasteiger partial charge in [0.1, 0.15) is 23.4 Å². The Morgan fingerprint density at radius 2 is 1.51 bits per heavy atom. The first kappa shape index (κ1) is 35.6. The standard InChI is InChI=1S/C35H53N3O5/c1-9-11-22-36-32(40)31(28-18-14-26(10-2)15-19-28)38(25(5)13-12-24(3)4)33(41)30(37-34(42)43-35(6,7)8)23-27-16-20-29(39)21-17-27/h14-21,24-25,30-31,39H,9-13,22-23H2,1-8H3,(H,36,40)(H,37,42). The zero-order valence-electron chi connectivity index (χ0n) is 27.4. The van der Waals surface area contributed by atoms with Crippen LogP contribution < -0.4 is 10.6 Å². The van der Waals surface area contributed by atoms with Crippen molar-refractivity contribution < 1.29 is 24.2 Å². The topological polar surface area (TPSA) is 108 Å². The Kier molecular flexibility index (Phi) is 14.0. The Balaban J connectivity index is 2.63. The van der Waals surface area contributed by atoms with Crippen LogP contribution in [0.3, 0.4) is 0 Å². The molecule has 3 N–H and O–H groups in total. The van der Waals surface area contributed by atoms with Crippen molar-refractivity contribution in [1.82, 2.24) is 15.5 Å². The van der Waals surface area contributed by atoms with Gasteiger partial charge in [-0.05, 0) is 88.1 Å². The number of nitrogens with one attached hydrogen (secondary N) is 2. The minimum Gasteiger partial charge on any atom is -0.508 e. The fraction of sp³-hybridized carbons (Fsp3) is 0.571. The van der Waals surface area contributed by atoms with Crippen LogP contribution >= 0.6 is 0 Å². The summed E-state index contributed by atoms with van der Waals surface area (Å²) in [5, 5.41) is 15.7. The summed E-state index contributed by atoms with van der Waals surface area (Å²) in [5.41, 5.74) is 1.84. The number of phenolic OH excluding ortho intramolecular Hbond substituents is 1. The van der Waals surface area contributed by atoms with Crippen LogP contribution in [-0.4, -0.2) is 52.1 Å². The van der Waals surface area contributed by atoms with Crippen molar-refractivity contribution in [2.45, 2.75) is 118 Å². The first-order valence-corrected chi connectivity index (χ1v) is 15.7. The molecular weight excluding hydrogens is 542 g/mol. The van der Waals surface area contributed by atoms with Crippen LogP contribution in [0.25, 0.3) is 0 Å². The van der Waals surface area contributed by atoms with E-state index in [1.54, 1.807) is 49.9 Å². The van der Waals surface area contributed by atoms with Crippen molar-refractivity contribution in [3.63, 3.8) is 0 Å². The summed E-state index contributed by atoms with van der Waals surface area (Å²) in [6, 6.07) is 12.2. The number of amides is 3. The molecule has 0 spiro atoms. The average Bonchev–Trinajstić information content (AvgIpc) is 2.94. The molecule has 0 bridgehead atoms. The second kappa shape index (κ2) is 16.9. The van der Waals surface area contributed by atoms with Gasteiger partial charge in [0.25, 0.3) is 0 Å². The van der Waals surface area contributed by atoms with Crippen LogP contribution in [0.4, 0.5) is 4.79 Å². The first-order chi connectivity index (χ1) is 20.2. The van der Waals surface area contributed by atoms with Gasteiger partial charge in [-0.1, -0.05) is 70.5 Å². The molecule has 0 aliphatic heterocycles. The van der Waals surface area contributed by atoms with E-state index in [1.807, 2.05) is 31.2 Å². The minimum atomic E-state index is -1.01. The van der Waals surface area contributed by atoms with Crippen molar-refractivity contribution in [2.75, 3.05) is 6.54 Å². The molecule has 8 nitrogen and oxygen atoms in total. The van der Waals surface area contributed by atoms with Gasteiger partial charge in [0.15, 0.2) is 0 Å². The number of rotatable bonds is 15. The number of aromatic hydroxyl groups is 1. The lowest BCUT2D eigenvalue weighted by atomic mass is 9.95. The van der Waals surface area contributed by atoms with E-state index in [2.05, 4.69) is 38.3 Å². The zero-order chi connectivity index (χ0) is 32.2. The van der Waals surface area contributed by atoms with E-state index in [4.69, 9.17) is 4.74 Å². The monoisotopic (exact) mass is 595 g/mol. The Morgan fingerprint density at radius 3 is 2.05 bits per heavy atom. The smallest absolute Gasteiger partial charge is 0.408 e. The first-order valence-electron chi connectivity index (χ1n) is 15.7. The number of aryl methyl sites for hydroxylation is 1. The van der Waals surface area contributed by atoms with Crippen LogP contribution in [0.1, 0.15) is 104 Å². The van der Waals surface area contributed by atoms with Gasteiger partial charge >= 0.3 is 6.09 Å². The maximum atomic E-state index is 14.7. The van der Waals surface area contributed by atoms with Gasteiger partial charge in [0.2, 0.25) is 11.8 Å². The van der Waals surface area contributed by atoms with Crippen LogP contribution in [0.2, 0.25) is 0 Å². The molecular formula is C35H53N3O5. The molecule has 0 fully saturated rings. The molecule has 0 radical (unpaired) electrons. The maximum absolute atomic E-state index is 14.7. The maximum Gasteiger partial charge on any atom is 0.408 e. The third kappa shape index (κ3) is 11.9. The summed E-state index contributed by atoms with van der Waals surface area (Å²) in [5.74, 6) is -0.101. The Hall–Kier alpha value is -3.55. The van der Waals surface area contributed by atoms with Crippen molar-refractivity contribution in [2.24, 2.45) is 5.92 Å². The van der Waals surface area contributed by atoms with Crippen molar-refractivity contribution >= 4 is 17.9 Å². The lowest BCUT2D eigenvalue weighted by Crippen LogP contribution is -2.56. The molecule has 3 amide bonds. The largest absolute Gasteiger partial charge is 0.508 e. The van der Waals surface area contributed by atoms with Crippen molar-refractivity contribution in [1.29, 1.82) is 0 Å². The molecule has 43 heavy (non-hydrogen) atoms. The fourth-order valence-corrected chi connectivity index (χ4v) is 4.87.